The van der Waals surface area contributed by atoms with Crippen molar-refractivity contribution in [2.45, 2.75) is 33.2 Å². The fourth-order valence-electron chi connectivity index (χ4n) is 3.26. The van der Waals surface area contributed by atoms with Crippen LogP contribution in [-0.2, 0) is 4.79 Å². The molecule has 3 aromatic rings. The van der Waals surface area contributed by atoms with Crippen LogP contribution in [0.5, 0.6) is 0 Å². The number of hydrogen-bond donors (Lipinski definition) is 3. The highest BCUT2D eigenvalue weighted by molar-refractivity contribution is 6.30. The molecule has 1 heterocycles. The summed E-state index contributed by atoms with van der Waals surface area (Å²) in [7, 11) is 0. The summed E-state index contributed by atoms with van der Waals surface area (Å²) in [5, 5.41) is 8.44. The van der Waals surface area contributed by atoms with Crippen molar-refractivity contribution < 1.29 is 23.2 Å². The van der Waals surface area contributed by atoms with E-state index in [4.69, 9.17) is 16.0 Å². The first-order chi connectivity index (χ1) is 16.2. The first-order valence-corrected chi connectivity index (χ1v) is 11.1. The second kappa shape index (κ2) is 11.0. The highest BCUT2D eigenvalue weighted by atomic mass is 35.5. The van der Waals surface area contributed by atoms with Crippen LogP contribution in [0.4, 0.5) is 15.8 Å². The molecule has 2 atom stereocenters. The van der Waals surface area contributed by atoms with Crippen LogP contribution in [-0.4, -0.2) is 23.8 Å². The van der Waals surface area contributed by atoms with E-state index in [9.17, 15) is 18.8 Å². The summed E-state index contributed by atoms with van der Waals surface area (Å²) in [6, 6.07) is 10.8. The highest BCUT2D eigenvalue weighted by Crippen LogP contribution is 2.22. The van der Waals surface area contributed by atoms with Gasteiger partial charge in [-0.25, -0.2) is 4.39 Å². The second-order valence-electron chi connectivity index (χ2n) is 7.87. The van der Waals surface area contributed by atoms with E-state index in [0.717, 1.165) is 6.07 Å². The first kappa shape index (κ1) is 25.0. The van der Waals surface area contributed by atoms with E-state index in [0.29, 0.717) is 22.8 Å². The summed E-state index contributed by atoms with van der Waals surface area (Å²) in [6.07, 6.45) is 2.00. The van der Waals surface area contributed by atoms with Crippen LogP contribution in [0.2, 0.25) is 5.02 Å². The number of hydrogen-bond acceptors (Lipinski definition) is 4. The maximum atomic E-state index is 14.3. The van der Waals surface area contributed by atoms with E-state index < -0.39 is 29.6 Å². The van der Waals surface area contributed by atoms with E-state index in [2.05, 4.69) is 16.0 Å². The number of benzene rings is 2. The molecule has 0 saturated carbocycles. The minimum Gasteiger partial charge on any atom is -0.469 e. The summed E-state index contributed by atoms with van der Waals surface area (Å²) < 4.78 is 19.4. The lowest BCUT2D eigenvalue weighted by molar-refractivity contribution is -0.119. The molecule has 2 aromatic carbocycles. The number of carbonyl (C=O) groups is 3. The molecule has 0 aliphatic rings. The van der Waals surface area contributed by atoms with Gasteiger partial charge in [0.25, 0.3) is 11.8 Å². The molecule has 0 radical (unpaired) electrons. The Balaban J connectivity index is 1.75. The van der Waals surface area contributed by atoms with Gasteiger partial charge in [0.1, 0.15) is 17.6 Å². The molecule has 178 valence electrons. The van der Waals surface area contributed by atoms with Gasteiger partial charge >= 0.3 is 0 Å². The number of furan rings is 1. The Morgan fingerprint density at radius 3 is 2.35 bits per heavy atom. The van der Waals surface area contributed by atoms with Crippen molar-refractivity contribution in [2.24, 2.45) is 5.92 Å². The quantitative estimate of drug-likeness (QED) is 0.397. The lowest BCUT2D eigenvalue weighted by atomic mass is 9.97. The maximum absolute atomic E-state index is 14.3. The zero-order valence-corrected chi connectivity index (χ0v) is 19.7. The Bertz CT molecular complexity index is 1190. The van der Waals surface area contributed by atoms with Crippen LogP contribution in [0.25, 0.3) is 0 Å². The second-order valence-corrected chi connectivity index (χ2v) is 8.31. The smallest absolute Gasteiger partial charge is 0.259 e. The minimum atomic E-state index is -0.843. The van der Waals surface area contributed by atoms with Crippen molar-refractivity contribution in [3.05, 3.63) is 82.5 Å². The molecule has 9 heteroatoms. The van der Waals surface area contributed by atoms with Crippen LogP contribution in [0.3, 0.4) is 0 Å². The standard InChI is InChI=1S/C25H25ClFN3O4/c1-4-14(2)22(30-23(31)16-5-7-17(26)8-6-16)25(33)28-18-9-10-20(27)21(13-18)29-24(32)19-11-12-34-15(19)3/h5-14,22H,4H2,1-3H3,(H,28,33)(H,29,32)(H,30,31). The average Bonchev–Trinajstić information content (AvgIpc) is 3.25. The molecular weight excluding hydrogens is 461 g/mol. The molecule has 0 spiro atoms. The van der Waals surface area contributed by atoms with Crippen LogP contribution in [0.15, 0.2) is 59.2 Å². The Hall–Kier alpha value is -3.65. The van der Waals surface area contributed by atoms with Crippen molar-refractivity contribution >= 4 is 40.7 Å². The topological polar surface area (TPSA) is 100 Å². The predicted octanol–water partition coefficient (Wildman–Crippen LogP) is 5.42. The maximum Gasteiger partial charge on any atom is 0.259 e. The molecule has 7 nitrogen and oxygen atoms in total. The van der Waals surface area contributed by atoms with Crippen LogP contribution >= 0.6 is 11.6 Å². The van der Waals surface area contributed by atoms with Gasteiger partial charge in [-0.1, -0.05) is 31.9 Å². The van der Waals surface area contributed by atoms with Crippen molar-refractivity contribution in [3.8, 4) is 0 Å². The Kier molecular flexibility index (Phi) is 8.07. The molecule has 0 bridgehead atoms. The third-order valence-corrected chi connectivity index (χ3v) is 5.73. The zero-order valence-electron chi connectivity index (χ0n) is 18.9. The molecular formula is C25H25ClFN3O4. The number of aryl methyl sites for hydroxylation is 1. The van der Waals surface area contributed by atoms with Gasteiger partial charge in [-0.2, -0.15) is 0 Å². The van der Waals surface area contributed by atoms with Gasteiger partial charge in [-0.15, -0.1) is 0 Å². The molecule has 3 amide bonds. The molecule has 0 saturated heterocycles. The van der Waals surface area contributed by atoms with Crippen molar-refractivity contribution in [2.75, 3.05) is 10.6 Å². The van der Waals surface area contributed by atoms with Crippen molar-refractivity contribution in [3.63, 3.8) is 0 Å². The molecule has 3 rings (SSSR count). The normalized spacial score (nSPS) is 12.5. The van der Waals surface area contributed by atoms with E-state index in [1.807, 2.05) is 13.8 Å². The van der Waals surface area contributed by atoms with Gasteiger partial charge in [0.05, 0.1) is 17.5 Å². The number of anilines is 2. The molecule has 0 aliphatic carbocycles. The number of amides is 3. The van der Waals surface area contributed by atoms with E-state index in [-0.39, 0.29) is 22.9 Å². The van der Waals surface area contributed by atoms with Crippen molar-refractivity contribution in [1.29, 1.82) is 0 Å². The number of carbonyl (C=O) groups excluding carboxylic acids is 3. The SMILES string of the molecule is CCC(C)C(NC(=O)c1ccc(Cl)cc1)C(=O)Nc1ccc(F)c(NC(=O)c2ccoc2C)c1. The molecule has 34 heavy (non-hydrogen) atoms. The summed E-state index contributed by atoms with van der Waals surface area (Å²) >= 11 is 5.87. The first-order valence-electron chi connectivity index (χ1n) is 10.7. The molecule has 3 N–H and O–H groups in total. The number of rotatable bonds is 8. The average molecular weight is 486 g/mol. The van der Waals surface area contributed by atoms with E-state index in [1.165, 1.54) is 24.5 Å². The summed E-state index contributed by atoms with van der Waals surface area (Å²) in [6.45, 7) is 5.37. The van der Waals surface area contributed by atoms with Crippen LogP contribution < -0.4 is 16.0 Å². The van der Waals surface area contributed by atoms with Crippen LogP contribution in [0, 0.1) is 18.7 Å². The van der Waals surface area contributed by atoms with Gasteiger partial charge in [-0.05, 0) is 61.4 Å². The largest absolute Gasteiger partial charge is 0.469 e. The Labute approximate surface area is 201 Å². The number of halogens is 2. The summed E-state index contributed by atoms with van der Waals surface area (Å²) in [5.74, 6) is -1.87. The Morgan fingerprint density at radius 1 is 1.03 bits per heavy atom. The fraction of sp³-hybridized carbons (Fsp3) is 0.240. The van der Waals surface area contributed by atoms with Crippen molar-refractivity contribution in [1.82, 2.24) is 5.32 Å². The Morgan fingerprint density at radius 2 is 1.74 bits per heavy atom. The lowest BCUT2D eigenvalue weighted by Gasteiger charge is -2.24. The zero-order chi connectivity index (χ0) is 24.8. The predicted molar refractivity (Wildman–Crippen MR) is 129 cm³/mol. The molecule has 2 unspecified atom stereocenters. The molecule has 0 aliphatic heterocycles. The number of nitrogens with one attached hydrogen (secondary N) is 3. The van der Waals surface area contributed by atoms with Crippen LogP contribution in [0.1, 0.15) is 46.7 Å². The fourth-order valence-corrected chi connectivity index (χ4v) is 3.38. The monoisotopic (exact) mass is 485 g/mol. The van der Waals surface area contributed by atoms with Gasteiger partial charge in [0.15, 0.2) is 0 Å². The molecule has 1 aromatic heterocycles. The van der Waals surface area contributed by atoms with Gasteiger partial charge in [0, 0.05) is 16.3 Å². The van der Waals surface area contributed by atoms with Gasteiger partial charge in [0.2, 0.25) is 5.91 Å². The molecule has 0 fully saturated rings. The highest BCUT2D eigenvalue weighted by Gasteiger charge is 2.27. The lowest BCUT2D eigenvalue weighted by Crippen LogP contribution is -2.47. The summed E-state index contributed by atoms with van der Waals surface area (Å²) in [5.41, 5.74) is 0.802. The minimum absolute atomic E-state index is 0.103. The van der Waals surface area contributed by atoms with Gasteiger partial charge < -0.3 is 20.4 Å². The third kappa shape index (κ3) is 6.02. The van der Waals surface area contributed by atoms with E-state index in [1.54, 1.807) is 31.2 Å². The summed E-state index contributed by atoms with van der Waals surface area (Å²) in [4.78, 5) is 38.1. The van der Waals surface area contributed by atoms with Gasteiger partial charge in [-0.3, -0.25) is 14.4 Å². The van der Waals surface area contributed by atoms with E-state index >= 15 is 0 Å². The third-order valence-electron chi connectivity index (χ3n) is 5.47.